The van der Waals surface area contributed by atoms with Gasteiger partial charge in [0.1, 0.15) is 226 Å². The van der Waals surface area contributed by atoms with Crippen LogP contribution in [0.2, 0.25) is 0 Å². The van der Waals surface area contributed by atoms with Gasteiger partial charge in [-0.15, -0.1) is 0 Å². The highest BCUT2D eigenvalue weighted by molar-refractivity contribution is 5.74. The zero-order valence-corrected chi connectivity index (χ0v) is 57.4. The predicted molar refractivity (Wildman–Crippen MR) is 325 cm³/mol. The molecule has 10 fully saturated rings. The Bertz CT molecular complexity index is 2910. The summed E-state index contributed by atoms with van der Waals surface area (Å²) in [7, 11) is 0. The lowest BCUT2D eigenvalue weighted by molar-refractivity contribution is -0.416. The van der Waals surface area contributed by atoms with Crippen molar-refractivity contribution < 1.29 is 258 Å². The van der Waals surface area contributed by atoms with E-state index < -0.39 is 366 Å². The molecule has 644 valence electrons. The van der Waals surface area contributed by atoms with Gasteiger partial charge in [-0.1, -0.05) is 0 Å². The van der Waals surface area contributed by atoms with Gasteiger partial charge in [0.05, 0.1) is 52.9 Å². The standard InChI is InChI=1S/C59H96O52/c60-1-10-22(73)42(46(50(92)94-10)110-53-30(81)24(75)26(77)44(108-53)48(88)89)107-59-47(111-54-31(82)25(76)27(78)45(109-54)49(90)91)43(23(74)15(6-65)99-59)106-58-36(87)41(21(72)14(5-64)98-58)105-57-35(86)40(20(71)13(4-63)97-57)104-56-34(85)39(19(70)12(3-62)96-56)103-55-33(84)38(18(69)11(2-61)95-55)102-52-32(83)28(79)37(16(7-66)100-52)101-51-29(80)17(68)9(67)8-93-51/h9-47,50-87,92H,1-8H2,(H,88,89)(H,90,91)/t9-,10-,11-,12-,13-,14-,15-,16-,17+,18-,19-,20-,21-,22-,23-,24+,25+,26+,27+,28-,29-,30-,31-,32+,33+,34+,35+,36+,37-,38+,39+,40+,41+,42+,43+,44+,45+,46+,47+,50?,51+,52-,53+,54+,55-,56-,57-,58-,59+/m1/s1. The fraction of sp³-hybridized carbons (Fsp3) is 0.966. The Labute approximate surface area is 622 Å². The number of carbonyl (C=O) groups is 2. The van der Waals surface area contributed by atoms with E-state index in [1.165, 1.54) is 0 Å². The van der Waals surface area contributed by atoms with E-state index in [4.69, 9.17) is 90.0 Å². The summed E-state index contributed by atoms with van der Waals surface area (Å²) in [5, 5.41) is 339. The summed E-state index contributed by atoms with van der Waals surface area (Å²) in [5.74, 6) is -3.95. The van der Waals surface area contributed by atoms with E-state index in [-0.39, 0.29) is 0 Å². The first-order chi connectivity index (χ1) is 52.5. The molecule has 0 aliphatic carbocycles. The van der Waals surface area contributed by atoms with Gasteiger partial charge in [-0.2, -0.15) is 0 Å². The largest absolute Gasteiger partial charge is 0.479 e. The molecule has 31 N–H and O–H groups in total. The van der Waals surface area contributed by atoms with Crippen LogP contribution in [0, 0.1) is 0 Å². The third kappa shape index (κ3) is 18.6. The number of carboxylic acid groups (broad SMARTS) is 2. The van der Waals surface area contributed by atoms with Crippen molar-refractivity contribution in [1.29, 1.82) is 0 Å². The Morgan fingerprint density at radius 3 is 0.838 bits per heavy atom. The molecule has 10 rings (SSSR count). The molecule has 0 aromatic carbocycles. The van der Waals surface area contributed by atoms with E-state index >= 15 is 0 Å². The first-order valence-corrected chi connectivity index (χ1v) is 34.6. The number of hydrogen-bond donors (Lipinski definition) is 31. The molecule has 0 radical (unpaired) electrons. The molecule has 0 aromatic rings. The Balaban J connectivity index is 0.885. The number of carboxylic acids is 2. The van der Waals surface area contributed by atoms with Crippen LogP contribution in [0.3, 0.4) is 0 Å². The summed E-state index contributed by atoms with van der Waals surface area (Å²) in [6.45, 7) is -9.00. The van der Waals surface area contributed by atoms with Crippen molar-refractivity contribution in [3.05, 3.63) is 0 Å². The second-order valence-corrected chi connectivity index (χ2v) is 27.6. The Morgan fingerprint density at radius 2 is 0.477 bits per heavy atom. The third-order valence-corrected chi connectivity index (χ3v) is 20.4. The number of aliphatic hydroxyl groups excluding tert-OH is 29. The summed E-state index contributed by atoms with van der Waals surface area (Å²) in [4.78, 5) is 24.4. The molecule has 0 bridgehead atoms. The van der Waals surface area contributed by atoms with E-state index in [1.54, 1.807) is 0 Å². The van der Waals surface area contributed by atoms with Gasteiger partial charge in [-0.25, -0.2) is 9.59 Å². The highest BCUT2D eigenvalue weighted by Crippen LogP contribution is 2.41. The smallest absolute Gasteiger partial charge is 0.335 e. The first-order valence-electron chi connectivity index (χ1n) is 34.6. The number of ether oxygens (including phenoxy) is 19. The zero-order chi connectivity index (χ0) is 81.5. The van der Waals surface area contributed by atoms with Gasteiger partial charge in [0.15, 0.2) is 75.1 Å². The minimum absolute atomic E-state index is 0.576. The van der Waals surface area contributed by atoms with E-state index in [1.807, 2.05) is 0 Å². The van der Waals surface area contributed by atoms with Crippen molar-refractivity contribution in [1.82, 2.24) is 0 Å². The zero-order valence-electron chi connectivity index (χ0n) is 57.4. The van der Waals surface area contributed by atoms with Crippen LogP contribution in [-0.4, -0.2) is 524 Å². The molecule has 10 aliphatic heterocycles. The fourth-order valence-corrected chi connectivity index (χ4v) is 14.1. The maximum absolute atomic E-state index is 12.3. The Kier molecular flexibility index (Phi) is 31.2. The van der Waals surface area contributed by atoms with Gasteiger partial charge in [0, 0.05) is 0 Å². The molecule has 49 atom stereocenters. The molecule has 10 saturated heterocycles. The minimum Gasteiger partial charge on any atom is -0.479 e. The van der Waals surface area contributed by atoms with Crippen LogP contribution in [0.1, 0.15) is 0 Å². The normalized spacial score (nSPS) is 53.0. The molecule has 52 heteroatoms. The highest BCUT2D eigenvalue weighted by atomic mass is 16.8. The summed E-state index contributed by atoms with van der Waals surface area (Å²) in [5.41, 5.74) is 0. The molecule has 10 aliphatic rings. The summed E-state index contributed by atoms with van der Waals surface area (Å²) in [6, 6.07) is 0. The lowest BCUT2D eigenvalue weighted by atomic mass is 9.94. The van der Waals surface area contributed by atoms with E-state index in [2.05, 4.69) is 0 Å². The van der Waals surface area contributed by atoms with Crippen LogP contribution in [-0.2, 0) is 99.6 Å². The third-order valence-electron chi connectivity index (χ3n) is 20.4. The monoisotopic (exact) mass is 1640 g/mol. The maximum Gasteiger partial charge on any atom is 0.335 e. The van der Waals surface area contributed by atoms with Gasteiger partial charge in [-0.3, -0.25) is 0 Å². The summed E-state index contributed by atoms with van der Waals surface area (Å²) < 4.78 is 107. The van der Waals surface area contributed by atoms with Crippen molar-refractivity contribution in [2.45, 2.75) is 301 Å². The van der Waals surface area contributed by atoms with Gasteiger partial charge < -0.3 is 248 Å². The van der Waals surface area contributed by atoms with Crippen molar-refractivity contribution in [2.75, 3.05) is 52.9 Å². The van der Waals surface area contributed by atoms with Crippen molar-refractivity contribution in [3.63, 3.8) is 0 Å². The molecular formula is C59H96O52. The molecule has 10 heterocycles. The first kappa shape index (κ1) is 90.3. The number of hydrogen-bond acceptors (Lipinski definition) is 50. The van der Waals surface area contributed by atoms with Gasteiger partial charge in [0.2, 0.25) is 0 Å². The molecule has 1 unspecified atom stereocenters. The molecule has 0 amide bonds. The molecule has 0 spiro atoms. The maximum atomic E-state index is 12.3. The topological polar surface area (TPSA) is 837 Å². The van der Waals surface area contributed by atoms with Crippen molar-refractivity contribution in [2.24, 2.45) is 0 Å². The van der Waals surface area contributed by atoms with Crippen LogP contribution in [0.4, 0.5) is 0 Å². The Morgan fingerprint density at radius 1 is 0.225 bits per heavy atom. The molecule has 111 heavy (non-hydrogen) atoms. The Hall–Kier alpha value is -2.98. The lowest BCUT2D eigenvalue weighted by Gasteiger charge is -2.51. The van der Waals surface area contributed by atoms with Crippen LogP contribution in [0.5, 0.6) is 0 Å². The quantitative estimate of drug-likeness (QED) is 0.0363. The van der Waals surface area contributed by atoms with Gasteiger partial charge in [-0.05, 0) is 0 Å². The number of aliphatic hydroxyl groups is 29. The second kappa shape index (κ2) is 38.4. The fourth-order valence-electron chi connectivity index (χ4n) is 14.1. The van der Waals surface area contributed by atoms with Crippen LogP contribution in [0.25, 0.3) is 0 Å². The summed E-state index contributed by atoms with van der Waals surface area (Å²) >= 11 is 0. The predicted octanol–water partition coefficient (Wildman–Crippen LogP) is -22.0. The van der Waals surface area contributed by atoms with E-state index in [0.29, 0.717) is 0 Å². The summed E-state index contributed by atoms with van der Waals surface area (Å²) in [6.07, 6.45) is -111. The molecule has 0 aromatic heterocycles. The van der Waals surface area contributed by atoms with Gasteiger partial charge >= 0.3 is 11.9 Å². The molecular weight excluding hydrogens is 1540 g/mol. The average molecular weight is 1640 g/mol. The number of aliphatic carboxylic acids is 2. The molecule has 52 nitrogen and oxygen atoms in total. The minimum atomic E-state index is -2.63. The lowest BCUT2D eigenvalue weighted by Crippen LogP contribution is -2.70. The highest BCUT2D eigenvalue weighted by Gasteiger charge is 2.62. The molecule has 0 saturated carbocycles. The average Bonchev–Trinajstić information content (AvgIpc) is 0.760. The second-order valence-electron chi connectivity index (χ2n) is 27.6. The van der Waals surface area contributed by atoms with Gasteiger partial charge in [0.25, 0.3) is 0 Å². The van der Waals surface area contributed by atoms with Crippen LogP contribution in [0.15, 0.2) is 0 Å². The van der Waals surface area contributed by atoms with E-state index in [9.17, 15) is 168 Å². The number of rotatable bonds is 27. The SMILES string of the molecule is O=C(O)[C@H]1O[C@@H](O[C@@H]2[C@H](O[C@H]3[C@H](O)[C@@H](CO)OC(O)[C@H]3O[C@@H]3O[C@H](C(=O)O)[C@@H](O)[C@H](O)[C@H]3O)O[C@H](CO)[C@@H](O)[C@@H]2O[C@H]2O[C@H](CO)[C@@H](O)[C@H](O[C@H]3O[C@H](CO)[C@@H](O)[C@H](O[C@H]4O[C@H](CO)[C@@H](O)[C@H](O[C@H]5O[C@H](CO)[C@@H](O)[C@H](O[C@H]6O[C@H](CO)[C@@H](O[C@@H]7OC[C@@H](O)[C@H](O)[C@H]7O)[C@H](O)[C@@H]6O)[C@@H]5O)[C@@H]4O)[C@@H]3O)[C@@H]2O)[C@H](O)[C@@H](O)[C@@H]1O. The van der Waals surface area contributed by atoms with E-state index in [0.717, 1.165) is 0 Å². The van der Waals surface area contributed by atoms with Crippen LogP contribution >= 0.6 is 0 Å². The van der Waals surface area contributed by atoms with Crippen LogP contribution < -0.4 is 0 Å². The van der Waals surface area contributed by atoms with Crippen molar-refractivity contribution in [3.8, 4) is 0 Å². The van der Waals surface area contributed by atoms with Crippen molar-refractivity contribution >= 4 is 11.9 Å².